The molecule has 3 heteroatoms. The highest BCUT2D eigenvalue weighted by atomic mass is 32.2. The topological polar surface area (TPSA) is 17.1 Å². The summed E-state index contributed by atoms with van der Waals surface area (Å²) in [7, 11) is -1.24. The van der Waals surface area contributed by atoms with Gasteiger partial charge in [0.1, 0.15) is 0 Å². The van der Waals surface area contributed by atoms with E-state index in [-0.39, 0.29) is 0 Å². The molecule has 1 rings (SSSR count). The van der Waals surface area contributed by atoms with Crippen LogP contribution in [-0.2, 0) is 4.79 Å². The summed E-state index contributed by atoms with van der Waals surface area (Å²) in [5.41, 5.74) is 0. The molecular weight excluding hydrogens is 328 g/mol. The minimum absolute atomic E-state index is 0.318. The van der Waals surface area contributed by atoms with Crippen LogP contribution in [0.15, 0.2) is 29.2 Å². The number of unbranched alkanes of at least 4 members (excludes halogenated alkanes) is 8. The van der Waals surface area contributed by atoms with Gasteiger partial charge >= 0.3 is 0 Å². The standard InChI is InChI=1S/C21H36OSSi/c1-5-6-7-8-9-10-11-12-13-14-21(22)23-19-15-17-20(18-16-19)24(2,3)4/h15-18H,5-14H2,1-4H3. The van der Waals surface area contributed by atoms with E-state index in [2.05, 4.69) is 50.8 Å². The predicted molar refractivity (Wildman–Crippen MR) is 112 cm³/mol. The maximum Gasteiger partial charge on any atom is 0.193 e. The van der Waals surface area contributed by atoms with Crippen LogP contribution in [-0.4, -0.2) is 13.2 Å². The van der Waals surface area contributed by atoms with Gasteiger partial charge in [0.05, 0.1) is 8.07 Å². The highest BCUT2D eigenvalue weighted by Crippen LogP contribution is 2.21. The number of benzene rings is 1. The Balaban J connectivity index is 2.12. The second kappa shape index (κ2) is 11.9. The molecule has 0 fully saturated rings. The molecule has 0 aliphatic carbocycles. The van der Waals surface area contributed by atoms with Gasteiger partial charge in [-0.05, 0) is 18.6 Å². The fraction of sp³-hybridized carbons (Fsp3) is 0.667. The summed E-state index contributed by atoms with van der Waals surface area (Å²) in [6.07, 6.45) is 12.4. The molecule has 24 heavy (non-hydrogen) atoms. The van der Waals surface area contributed by atoms with E-state index in [9.17, 15) is 4.79 Å². The Morgan fingerprint density at radius 2 is 1.33 bits per heavy atom. The zero-order valence-corrected chi connectivity index (χ0v) is 18.0. The SMILES string of the molecule is CCCCCCCCCCCC(=O)Sc1ccc([Si](C)(C)C)cc1. The van der Waals surface area contributed by atoms with E-state index in [1.807, 2.05) is 0 Å². The Morgan fingerprint density at radius 1 is 0.833 bits per heavy atom. The quantitative estimate of drug-likeness (QED) is 0.231. The Hall–Kier alpha value is -0.543. The van der Waals surface area contributed by atoms with E-state index in [0.717, 1.165) is 17.7 Å². The molecule has 0 aliphatic heterocycles. The predicted octanol–water partition coefficient (Wildman–Crippen LogP) is 6.77. The van der Waals surface area contributed by atoms with Gasteiger partial charge in [-0.1, -0.05) is 107 Å². The molecule has 0 amide bonds. The first-order valence-electron chi connectivity index (χ1n) is 9.74. The van der Waals surface area contributed by atoms with Crippen molar-refractivity contribution in [2.45, 2.75) is 95.7 Å². The van der Waals surface area contributed by atoms with E-state index in [4.69, 9.17) is 0 Å². The summed E-state index contributed by atoms with van der Waals surface area (Å²) < 4.78 is 0. The molecule has 0 spiro atoms. The number of carbonyl (C=O) groups excluding carboxylic acids is 1. The first kappa shape index (κ1) is 21.5. The van der Waals surface area contributed by atoms with Gasteiger partial charge in [-0.15, -0.1) is 0 Å². The molecule has 1 nitrogen and oxygen atoms in total. The fourth-order valence-electron chi connectivity index (χ4n) is 2.79. The lowest BCUT2D eigenvalue weighted by Crippen LogP contribution is -2.37. The van der Waals surface area contributed by atoms with Gasteiger partial charge in [0.15, 0.2) is 5.12 Å². The maximum absolute atomic E-state index is 12.1. The number of hydrogen-bond donors (Lipinski definition) is 0. The van der Waals surface area contributed by atoms with Crippen molar-refractivity contribution in [3.8, 4) is 0 Å². The van der Waals surface area contributed by atoms with Gasteiger partial charge in [0.25, 0.3) is 0 Å². The molecule has 136 valence electrons. The third-order valence-corrected chi connectivity index (χ3v) is 7.44. The smallest absolute Gasteiger partial charge is 0.193 e. The van der Waals surface area contributed by atoms with Crippen molar-refractivity contribution in [1.82, 2.24) is 0 Å². The van der Waals surface area contributed by atoms with Gasteiger partial charge in [0.2, 0.25) is 0 Å². The van der Waals surface area contributed by atoms with Crippen LogP contribution in [0.3, 0.4) is 0 Å². The van der Waals surface area contributed by atoms with Crippen LogP contribution >= 0.6 is 11.8 Å². The number of thioether (sulfide) groups is 1. The summed E-state index contributed by atoms with van der Waals surface area (Å²) >= 11 is 1.42. The average Bonchev–Trinajstić information content (AvgIpc) is 2.53. The van der Waals surface area contributed by atoms with Crippen LogP contribution in [0.1, 0.15) is 71.1 Å². The van der Waals surface area contributed by atoms with Crippen molar-refractivity contribution >= 4 is 30.1 Å². The largest absolute Gasteiger partial charge is 0.287 e. The lowest BCUT2D eigenvalue weighted by atomic mass is 10.1. The van der Waals surface area contributed by atoms with Gasteiger partial charge in [-0.25, -0.2) is 0 Å². The molecule has 0 bridgehead atoms. The molecule has 0 saturated carbocycles. The molecular formula is C21H36OSSi. The van der Waals surface area contributed by atoms with Crippen molar-refractivity contribution in [1.29, 1.82) is 0 Å². The first-order valence-corrected chi connectivity index (χ1v) is 14.1. The van der Waals surface area contributed by atoms with Crippen LogP contribution in [0.4, 0.5) is 0 Å². The van der Waals surface area contributed by atoms with Crippen molar-refractivity contribution in [2.24, 2.45) is 0 Å². The highest BCUT2D eigenvalue weighted by Gasteiger charge is 2.16. The number of hydrogen-bond acceptors (Lipinski definition) is 2. The minimum Gasteiger partial charge on any atom is -0.287 e. The van der Waals surface area contributed by atoms with Crippen molar-refractivity contribution in [3.63, 3.8) is 0 Å². The van der Waals surface area contributed by atoms with Crippen molar-refractivity contribution in [3.05, 3.63) is 24.3 Å². The summed E-state index contributed by atoms with van der Waals surface area (Å²) in [6.45, 7) is 9.31. The van der Waals surface area contributed by atoms with E-state index >= 15 is 0 Å². The van der Waals surface area contributed by atoms with Crippen LogP contribution in [0.2, 0.25) is 19.6 Å². The van der Waals surface area contributed by atoms with Gasteiger partial charge in [0, 0.05) is 11.3 Å². The van der Waals surface area contributed by atoms with E-state index in [1.54, 1.807) is 0 Å². The molecule has 1 aromatic rings. The average molecular weight is 365 g/mol. The van der Waals surface area contributed by atoms with Crippen LogP contribution in [0, 0.1) is 0 Å². The van der Waals surface area contributed by atoms with Gasteiger partial charge in [-0.3, -0.25) is 4.79 Å². The van der Waals surface area contributed by atoms with Gasteiger partial charge < -0.3 is 0 Å². The molecule has 0 unspecified atom stereocenters. The van der Waals surface area contributed by atoms with Crippen molar-refractivity contribution < 1.29 is 4.79 Å². The maximum atomic E-state index is 12.1. The van der Waals surface area contributed by atoms with Crippen LogP contribution < -0.4 is 5.19 Å². The molecule has 0 N–H and O–H groups in total. The minimum atomic E-state index is -1.24. The molecule has 0 heterocycles. The van der Waals surface area contributed by atoms with E-state index in [0.29, 0.717) is 5.12 Å². The lowest BCUT2D eigenvalue weighted by molar-refractivity contribution is -0.111. The number of rotatable bonds is 12. The van der Waals surface area contributed by atoms with Crippen molar-refractivity contribution in [2.75, 3.05) is 0 Å². The first-order chi connectivity index (χ1) is 11.4. The van der Waals surface area contributed by atoms with Crippen LogP contribution in [0.25, 0.3) is 0 Å². The molecule has 0 aromatic heterocycles. The van der Waals surface area contributed by atoms with E-state index < -0.39 is 8.07 Å². The van der Waals surface area contributed by atoms with Gasteiger partial charge in [-0.2, -0.15) is 0 Å². The fourth-order valence-corrected chi connectivity index (χ4v) is 4.73. The molecule has 0 atom stereocenters. The summed E-state index contributed by atoms with van der Waals surface area (Å²) in [6, 6.07) is 8.65. The highest BCUT2D eigenvalue weighted by molar-refractivity contribution is 8.13. The second-order valence-electron chi connectivity index (χ2n) is 7.83. The Bertz CT molecular complexity index is 462. The zero-order chi connectivity index (χ0) is 17.8. The summed E-state index contributed by atoms with van der Waals surface area (Å²) in [4.78, 5) is 13.2. The molecule has 1 aromatic carbocycles. The summed E-state index contributed by atoms with van der Waals surface area (Å²) in [5, 5.41) is 1.77. The Labute approximate surface area is 155 Å². The summed E-state index contributed by atoms with van der Waals surface area (Å²) in [5.74, 6) is 0. The lowest BCUT2D eigenvalue weighted by Gasteiger charge is -2.16. The molecule has 0 radical (unpaired) electrons. The monoisotopic (exact) mass is 364 g/mol. The Morgan fingerprint density at radius 3 is 1.83 bits per heavy atom. The normalized spacial score (nSPS) is 11.7. The Kier molecular flexibility index (Phi) is 10.7. The third kappa shape index (κ3) is 9.68. The third-order valence-electron chi connectivity index (χ3n) is 4.44. The molecule has 0 saturated heterocycles. The number of carbonyl (C=O) groups is 1. The molecule has 0 aliphatic rings. The van der Waals surface area contributed by atoms with Crippen LogP contribution in [0.5, 0.6) is 0 Å². The zero-order valence-electron chi connectivity index (χ0n) is 16.2. The van der Waals surface area contributed by atoms with E-state index in [1.165, 1.54) is 68.3 Å². The second-order valence-corrected chi connectivity index (χ2v) is 14.0.